The van der Waals surface area contributed by atoms with Gasteiger partial charge in [-0.05, 0) is 0 Å². The first kappa shape index (κ1) is 8.93. The Labute approximate surface area is 53.7 Å². The highest BCUT2D eigenvalue weighted by Crippen LogP contribution is 1.99. The Kier molecular flexibility index (Phi) is 3.45. The van der Waals surface area contributed by atoms with Crippen molar-refractivity contribution < 1.29 is 27.8 Å². The van der Waals surface area contributed by atoms with Crippen molar-refractivity contribution >= 4 is 11.8 Å². The SMILES string of the molecule is O=C(CC(=O)C(F)F)OF. The summed E-state index contributed by atoms with van der Waals surface area (Å²) in [5.74, 6) is -3.26. The molecule has 0 fully saturated rings. The van der Waals surface area contributed by atoms with Gasteiger partial charge in [0.15, 0.2) is 0 Å². The van der Waals surface area contributed by atoms with Crippen LogP contribution in [0.25, 0.3) is 0 Å². The summed E-state index contributed by atoms with van der Waals surface area (Å²) in [5.41, 5.74) is 0. The summed E-state index contributed by atoms with van der Waals surface area (Å²) in [4.78, 5) is 22.1. The van der Waals surface area contributed by atoms with Crippen LogP contribution in [0.2, 0.25) is 0 Å². The van der Waals surface area contributed by atoms with Gasteiger partial charge >= 0.3 is 5.97 Å². The van der Waals surface area contributed by atoms with Crippen molar-refractivity contribution in [3.05, 3.63) is 0 Å². The van der Waals surface area contributed by atoms with E-state index in [4.69, 9.17) is 0 Å². The Hall–Kier alpha value is -1.07. The lowest BCUT2D eigenvalue weighted by molar-refractivity contribution is -0.184. The summed E-state index contributed by atoms with van der Waals surface area (Å²) in [6.45, 7) is 0. The quantitative estimate of drug-likeness (QED) is 0.563. The molecule has 0 unspecified atom stereocenters. The van der Waals surface area contributed by atoms with Crippen molar-refractivity contribution in [1.82, 2.24) is 0 Å². The van der Waals surface area contributed by atoms with E-state index in [0.717, 1.165) is 0 Å². The van der Waals surface area contributed by atoms with Crippen LogP contribution in [0.15, 0.2) is 0 Å². The average molecular weight is 156 g/mol. The van der Waals surface area contributed by atoms with Gasteiger partial charge in [-0.15, -0.1) is 0 Å². The standard InChI is InChI=1S/C4H3F3O3/c5-4(6)2(8)1-3(9)10-7/h4H,1H2. The minimum absolute atomic E-state index is 1.23. The lowest BCUT2D eigenvalue weighted by Crippen LogP contribution is -2.15. The predicted molar refractivity (Wildman–Crippen MR) is 22.8 cm³/mol. The molecule has 10 heavy (non-hydrogen) atoms. The molecule has 0 aliphatic carbocycles. The molecule has 0 atom stereocenters. The van der Waals surface area contributed by atoms with Crippen LogP contribution in [0, 0.1) is 0 Å². The van der Waals surface area contributed by atoms with E-state index in [1.54, 1.807) is 0 Å². The Morgan fingerprint density at radius 1 is 1.40 bits per heavy atom. The van der Waals surface area contributed by atoms with Crippen LogP contribution < -0.4 is 0 Å². The Bertz CT molecular complexity index is 145. The van der Waals surface area contributed by atoms with Crippen molar-refractivity contribution in [3.63, 3.8) is 0 Å². The molecule has 0 N–H and O–H groups in total. The van der Waals surface area contributed by atoms with Gasteiger partial charge in [-0.25, -0.2) is 13.6 Å². The number of ketones is 1. The molecule has 0 amide bonds. The summed E-state index contributed by atoms with van der Waals surface area (Å²) < 4.78 is 33.3. The number of hydrogen-bond acceptors (Lipinski definition) is 3. The van der Waals surface area contributed by atoms with Gasteiger partial charge in [-0.1, -0.05) is 0 Å². The van der Waals surface area contributed by atoms with Crippen molar-refractivity contribution in [2.24, 2.45) is 0 Å². The zero-order valence-corrected chi connectivity index (χ0v) is 4.64. The normalized spacial score (nSPS) is 9.60. The maximum Gasteiger partial charge on any atom is 0.356 e. The van der Waals surface area contributed by atoms with Gasteiger partial charge in [0.05, 0.1) is 0 Å². The molecule has 0 aromatic rings. The molecule has 0 radical (unpaired) electrons. The molecule has 0 saturated carbocycles. The summed E-state index contributed by atoms with van der Waals surface area (Å²) in [6.07, 6.45) is -4.48. The molecule has 0 aromatic heterocycles. The van der Waals surface area contributed by atoms with E-state index in [9.17, 15) is 22.9 Å². The van der Waals surface area contributed by atoms with E-state index in [1.165, 1.54) is 0 Å². The smallest absolute Gasteiger partial charge is 0.293 e. The van der Waals surface area contributed by atoms with Crippen molar-refractivity contribution in [2.45, 2.75) is 12.8 Å². The third-order valence-corrected chi connectivity index (χ3v) is 0.648. The molecule has 6 heteroatoms. The molecule has 58 valence electrons. The maximum absolute atomic E-state index is 11.2. The zero-order valence-electron chi connectivity index (χ0n) is 4.64. The molecule has 3 nitrogen and oxygen atoms in total. The van der Waals surface area contributed by atoms with Gasteiger partial charge < -0.3 is 0 Å². The number of halogens is 3. The third-order valence-electron chi connectivity index (χ3n) is 0.648. The highest BCUT2D eigenvalue weighted by atomic mass is 19.3. The summed E-state index contributed by atoms with van der Waals surface area (Å²) in [5, 5.41) is 0. The van der Waals surface area contributed by atoms with E-state index < -0.39 is 24.6 Å². The van der Waals surface area contributed by atoms with Gasteiger partial charge in [0.2, 0.25) is 5.78 Å². The Morgan fingerprint density at radius 3 is 2.20 bits per heavy atom. The fourth-order valence-electron chi connectivity index (χ4n) is 0.247. The molecule has 0 bridgehead atoms. The Morgan fingerprint density at radius 2 is 1.90 bits per heavy atom. The average Bonchev–Trinajstić information content (AvgIpc) is 1.87. The minimum Gasteiger partial charge on any atom is -0.293 e. The monoisotopic (exact) mass is 156 g/mol. The second-order valence-corrected chi connectivity index (χ2v) is 1.39. The van der Waals surface area contributed by atoms with Gasteiger partial charge in [-0.3, -0.25) is 9.74 Å². The van der Waals surface area contributed by atoms with Gasteiger partial charge in [0.25, 0.3) is 6.43 Å². The molecule has 0 aliphatic heterocycles. The fourth-order valence-corrected chi connectivity index (χ4v) is 0.247. The molecule has 0 rings (SSSR count). The highest BCUT2D eigenvalue weighted by molar-refractivity contribution is 5.96. The number of Topliss-reactive ketones (excluding diaryl/α,β-unsaturated/α-hetero) is 1. The minimum atomic E-state index is -3.25. The van der Waals surface area contributed by atoms with Crippen LogP contribution in [-0.4, -0.2) is 18.2 Å². The number of hydrogen-bond donors (Lipinski definition) is 0. The molecule has 0 aromatic carbocycles. The number of rotatable bonds is 3. The number of carbonyl (C=O) groups excluding carboxylic acids is 2. The lowest BCUT2D eigenvalue weighted by Gasteiger charge is -1.92. The van der Waals surface area contributed by atoms with Crippen LogP contribution in [0.3, 0.4) is 0 Å². The Balaban J connectivity index is 3.69. The summed E-state index contributed by atoms with van der Waals surface area (Å²) in [7, 11) is 0. The molecular formula is C4H3F3O3. The predicted octanol–water partition coefficient (Wildman–Crippen LogP) is 0.638. The second kappa shape index (κ2) is 3.86. The van der Waals surface area contributed by atoms with Crippen molar-refractivity contribution in [3.8, 4) is 0 Å². The first-order valence-electron chi connectivity index (χ1n) is 2.20. The van der Waals surface area contributed by atoms with Crippen molar-refractivity contribution in [1.29, 1.82) is 0 Å². The lowest BCUT2D eigenvalue weighted by atomic mass is 10.3. The number of carbonyl (C=O) groups is 2. The number of alkyl halides is 2. The largest absolute Gasteiger partial charge is 0.356 e. The molecule has 0 heterocycles. The van der Waals surface area contributed by atoms with Gasteiger partial charge in [0, 0.05) is 4.53 Å². The highest BCUT2D eigenvalue weighted by Gasteiger charge is 2.20. The fraction of sp³-hybridized carbons (Fsp3) is 0.500. The molecule has 0 aliphatic rings. The second-order valence-electron chi connectivity index (χ2n) is 1.39. The van der Waals surface area contributed by atoms with Crippen LogP contribution in [0.5, 0.6) is 0 Å². The van der Waals surface area contributed by atoms with E-state index in [-0.39, 0.29) is 0 Å². The molecular weight excluding hydrogens is 153 g/mol. The topological polar surface area (TPSA) is 43.4 Å². The van der Waals surface area contributed by atoms with Crippen LogP contribution in [-0.2, 0) is 14.5 Å². The van der Waals surface area contributed by atoms with Crippen LogP contribution >= 0.6 is 0 Å². The summed E-state index contributed by atoms with van der Waals surface area (Å²) >= 11 is 0. The first-order chi connectivity index (χ1) is 4.57. The van der Waals surface area contributed by atoms with Crippen LogP contribution in [0.1, 0.15) is 6.42 Å². The maximum atomic E-state index is 11.2. The molecule has 0 saturated heterocycles. The van der Waals surface area contributed by atoms with E-state index >= 15 is 0 Å². The van der Waals surface area contributed by atoms with Gasteiger partial charge in [0.1, 0.15) is 6.42 Å². The summed E-state index contributed by atoms with van der Waals surface area (Å²) in [6, 6.07) is 0. The van der Waals surface area contributed by atoms with E-state index in [1.807, 2.05) is 0 Å². The van der Waals surface area contributed by atoms with Crippen molar-refractivity contribution in [2.75, 3.05) is 0 Å². The third kappa shape index (κ3) is 3.06. The zero-order chi connectivity index (χ0) is 8.15. The van der Waals surface area contributed by atoms with E-state index in [0.29, 0.717) is 0 Å². The van der Waals surface area contributed by atoms with Crippen LogP contribution in [0.4, 0.5) is 13.3 Å². The van der Waals surface area contributed by atoms with E-state index in [2.05, 4.69) is 4.94 Å². The molecule has 0 spiro atoms. The van der Waals surface area contributed by atoms with Gasteiger partial charge in [-0.2, -0.15) is 0 Å². The first-order valence-corrected chi connectivity index (χ1v) is 2.20.